The van der Waals surface area contributed by atoms with Crippen molar-refractivity contribution in [1.29, 1.82) is 0 Å². The smallest absolute Gasteiger partial charge is 0.311 e. The molecule has 0 saturated carbocycles. The molecule has 2 aromatic rings. The van der Waals surface area contributed by atoms with Gasteiger partial charge in [-0.15, -0.1) is 0 Å². The maximum atomic E-state index is 12.4. The summed E-state index contributed by atoms with van der Waals surface area (Å²) in [6, 6.07) is 16.8. The summed E-state index contributed by atoms with van der Waals surface area (Å²) in [4.78, 5) is 38.7. The summed E-state index contributed by atoms with van der Waals surface area (Å²) in [7, 11) is 0. The van der Waals surface area contributed by atoms with Crippen molar-refractivity contribution in [3.05, 3.63) is 71.3 Å². The first-order chi connectivity index (χ1) is 12.9. The zero-order valence-corrected chi connectivity index (χ0v) is 15.6. The summed E-state index contributed by atoms with van der Waals surface area (Å²) in [6.07, 6.45) is -0.754. The summed E-state index contributed by atoms with van der Waals surface area (Å²) in [5.74, 6) is -1.34. The third kappa shape index (κ3) is 4.61. The highest BCUT2D eigenvalue weighted by molar-refractivity contribution is 6.00. The van der Waals surface area contributed by atoms with Crippen LogP contribution in [-0.2, 0) is 20.9 Å². The normalized spacial score (nSPS) is 17.6. The number of ether oxygens (including phenoxy) is 1. The average molecular weight is 365 g/mol. The Morgan fingerprint density at radius 1 is 1.11 bits per heavy atom. The minimum atomic E-state index is -0.876. The Hall–Kier alpha value is -2.95. The van der Waals surface area contributed by atoms with Crippen molar-refractivity contribution in [2.24, 2.45) is 5.92 Å². The average Bonchev–Trinajstić information content (AvgIpc) is 3.03. The van der Waals surface area contributed by atoms with Crippen LogP contribution in [0.3, 0.4) is 0 Å². The van der Waals surface area contributed by atoms with Crippen LogP contribution in [0, 0.1) is 12.8 Å². The van der Waals surface area contributed by atoms with Crippen LogP contribution >= 0.6 is 0 Å². The topological polar surface area (TPSA) is 63.7 Å². The first-order valence-electron chi connectivity index (χ1n) is 9.07. The van der Waals surface area contributed by atoms with Gasteiger partial charge in [0.25, 0.3) is 0 Å². The standard InChI is InChI=1S/C22H23NO4/c1-15-8-10-18(11-9-15)21(25)16(2)27-22(26)19-12-20(24)23(14-19)13-17-6-4-3-5-7-17/h3-11,16,19H,12-14H2,1-2H3/t16-,19+/m0/s1. The number of carbonyl (C=O) groups is 3. The van der Waals surface area contributed by atoms with E-state index in [2.05, 4.69) is 0 Å². The van der Waals surface area contributed by atoms with Crippen molar-refractivity contribution in [2.75, 3.05) is 6.54 Å². The maximum Gasteiger partial charge on any atom is 0.311 e. The molecule has 0 N–H and O–H groups in total. The maximum absolute atomic E-state index is 12.4. The van der Waals surface area contributed by atoms with E-state index in [1.54, 1.807) is 24.0 Å². The van der Waals surface area contributed by atoms with Crippen molar-refractivity contribution in [2.45, 2.75) is 32.9 Å². The molecular formula is C22H23NO4. The lowest BCUT2D eigenvalue weighted by Crippen LogP contribution is -2.30. The monoisotopic (exact) mass is 365 g/mol. The van der Waals surface area contributed by atoms with Gasteiger partial charge >= 0.3 is 5.97 Å². The van der Waals surface area contributed by atoms with Crippen LogP contribution in [0.15, 0.2) is 54.6 Å². The van der Waals surface area contributed by atoms with Gasteiger partial charge in [0, 0.05) is 25.1 Å². The number of amides is 1. The fraction of sp³-hybridized carbons (Fsp3) is 0.318. The van der Waals surface area contributed by atoms with E-state index >= 15 is 0 Å². The van der Waals surface area contributed by atoms with Gasteiger partial charge in [-0.05, 0) is 19.4 Å². The molecule has 0 unspecified atom stereocenters. The number of hydrogen-bond acceptors (Lipinski definition) is 4. The van der Waals surface area contributed by atoms with Gasteiger partial charge in [-0.25, -0.2) is 0 Å². The number of ketones is 1. The van der Waals surface area contributed by atoms with E-state index < -0.39 is 18.0 Å². The highest BCUT2D eigenvalue weighted by Gasteiger charge is 2.36. The molecule has 0 bridgehead atoms. The molecule has 1 heterocycles. The van der Waals surface area contributed by atoms with Gasteiger partial charge in [0.05, 0.1) is 5.92 Å². The van der Waals surface area contributed by atoms with E-state index in [4.69, 9.17) is 4.74 Å². The summed E-state index contributed by atoms with van der Waals surface area (Å²) >= 11 is 0. The fourth-order valence-electron chi connectivity index (χ4n) is 3.16. The molecule has 3 rings (SSSR count). The van der Waals surface area contributed by atoms with Crippen molar-refractivity contribution >= 4 is 17.7 Å². The van der Waals surface area contributed by atoms with Crippen LogP contribution in [0.5, 0.6) is 0 Å². The number of likely N-dealkylation sites (tertiary alicyclic amines) is 1. The highest BCUT2D eigenvalue weighted by Crippen LogP contribution is 2.22. The van der Waals surface area contributed by atoms with Gasteiger partial charge in [0.1, 0.15) is 0 Å². The molecule has 1 aliphatic heterocycles. The lowest BCUT2D eigenvalue weighted by Gasteiger charge is -2.18. The Labute approximate surface area is 158 Å². The summed E-state index contributed by atoms with van der Waals surface area (Å²) in [6.45, 7) is 4.30. The molecule has 2 atom stereocenters. The van der Waals surface area contributed by atoms with Crippen LogP contribution in [-0.4, -0.2) is 35.2 Å². The molecule has 1 fully saturated rings. The molecule has 140 valence electrons. The lowest BCUT2D eigenvalue weighted by molar-refractivity contribution is -0.151. The van der Waals surface area contributed by atoms with Crippen molar-refractivity contribution in [3.8, 4) is 0 Å². The van der Waals surface area contributed by atoms with E-state index in [-0.39, 0.29) is 18.1 Å². The van der Waals surface area contributed by atoms with Crippen molar-refractivity contribution in [3.63, 3.8) is 0 Å². The number of Topliss-reactive ketones (excluding diaryl/α,β-unsaturated/α-hetero) is 1. The van der Waals surface area contributed by atoms with Gasteiger partial charge in [-0.3, -0.25) is 14.4 Å². The van der Waals surface area contributed by atoms with Crippen LogP contribution in [0.1, 0.15) is 34.8 Å². The molecule has 0 aliphatic carbocycles. The zero-order valence-electron chi connectivity index (χ0n) is 15.6. The van der Waals surface area contributed by atoms with Gasteiger partial charge in [0.2, 0.25) is 11.7 Å². The number of aryl methyl sites for hydroxylation is 1. The Morgan fingerprint density at radius 3 is 2.44 bits per heavy atom. The number of nitrogens with zero attached hydrogens (tertiary/aromatic N) is 1. The molecule has 1 aliphatic rings. The molecule has 1 saturated heterocycles. The highest BCUT2D eigenvalue weighted by atomic mass is 16.5. The second-order valence-corrected chi connectivity index (χ2v) is 6.97. The van der Waals surface area contributed by atoms with E-state index in [9.17, 15) is 14.4 Å². The Morgan fingerprint density at radius 2 is 1.78 bits per heavy atom. The number of carbonyl (C=O) groups excluding carboxylic acids is 3. The first kappa shape index (κ1) is 18.8. The van der Waals surface area contributed by atoms with E-state index in [0.717, 1.165) is 11.1 Å². The molecule has 0 aromatic heterocycles. The molecule has 2 aromatic carbocycles. The SMILES string of the molecule is Cc1ccc(C(=O)[C@H](C)OC(=O)[C@@H]2CC(=O)N(Cc3ccccc3)C2)cc1. The van der Waals surface area contributed by atoms with Gasteiger partial charge < -0.3 is 9.64 Å². The summed E-state index contributed by atoms with van der Waals surface area (Å²) in [5, 5.41) is 0. The minimum absolute atomic E-state index is 0.0710. The zero-order chi connectivity index (χ0) is 19.4. The largest absolute Gasteiger partial charge is 0.454 e. The van der Waals surface area contributed by atoms with Gasteiger partial charge in [0.15, 0.2) is 6.10 Å². The van der Waals surface area contributed by atoms with Crippen molar-refractivity contribution in [1.82, 2.24) is 4.90 Å². The molecule has 27 heavy (non-hydrogen) atoms. The predicted molar refractivity (Wildman–Crippen MR) is 101 cm³/mol. The van der Waals surface area contributed by atoms with Crippen LogP contribution in [0.2, 0.25) is 0 Å². The second-order valence-electron chi connectivity index (χ2n) is 6.97. The van der Waals surface area contributed by atoms with E-state index in [1.165, 1.54) is 0 Å². The number of hydrogen-bond donors (Lipinski definition) is 0. The van der Waals surface area contributed by atoms with Crippen LogP contribution in [0.25, 0.3) is 0 Å². The van der Waals surface area contributed by atoms with E-state index in [0.29, 0.717) is 18.7 Å². The number of rotatable bonds is 6. The molecule has 0 spiro atoms. The Kier molecular flexibility index (Phi) is 5.69. The van der Waals surface area contributed by atoms with Gasteiger partial charge in [-0.2, -0.15) is 0 Å². The molecule has 0 radical (unpaired) electrons. The van der Waals surface area contributed by atoms with Crippen LogP contribution in [0.4, 0.5) is 0 Å². The molecular weight excluding hydrogens is 342 g/mol. The molecule has 5 nitrogen and oxygen atoms in total. The third-order valence-corrected chi connectivity index (χ3v) is 4.76. The van der Waals surface area contributed by atoms with E-state index in [1.807, 2.05) is 49.4 Å². The minimum Gasteiger partial charge on any atom is -0.454 e. The molecule has 1 amide bonds. The Bertz CT molecular complexity index is 829. The number of benzene rings is 2. The summed E-state index contributed by atoms with van der Waals surface area (Å²) in [5.41, 5.74) is 2.58. The quantitative estimate of drug-likeness (QED) is 0.583. The Balaban J connectivity index is 1.57. The molecule has 5 heteroatoms. The van der Waals surface area contributed by atoms with Crippen LogP contribution < -0.4 is 0 Å². The predicted octanol–water partition coefficient (Wildman–Crippen LogP) is 3.16. The fourth-order valence-corrected chi connectivity index (χ4v) is 3.16. The summed E-state index contributed by atoms with van der Waals surface area (Å²) < 4.78 is 5.36. The third-order valence-electron chi connectivity index (χ3n) is 4.76. The lowest BCUT2D eigenvalue weighted by atomic mass is 10.1. The first-order valence-corrected chi connectivity index (χ1v) is 9.07. The number of esters is 1. The van der Waals surface area contributed by atoms with Gasteiger partial charge in [-0.1, -0.05) is 60.2 Å². The second kappa shape index (κ2) is 8.16. The van der Waals surface area contributed by atoms with Crippen molar-refractivity contribution < 1.29 is 19.1 Å².